The van der Waals surface area contributed by atoms with Crippen LogP contribution in [0.2, 0.25) is 0 Å². The second-order valence-corrected chi connectivity index (χ2v) is 3.41. The third-order valence-electron chi connectivity index (χ3n) is 1.52. The number of halogens is 2. The Morgan fingerprint density at radius 2 is 2.29 bits per heavy atom. The number of rotatable bonds is 4. The zero-order valence-electron chi connectivity index (χ0n) is 7.24. The molecule has 0 atom stereocenters. The number of hydrogen-bond acceptors (Lipinski definition) is 2. The van der Waals surface area contributed by atoms with Crippen LogP contribution in [0.1, 0.15) is 5.56 Å². The summed E-state index contributed by atoms with van der Waals surface area (Å²) in [6.45, 7) is 0.501. The van der Waals surface area contributed by atoms with Crippen LogP contribution >= 0.6 is 15.9 Å². The van der Waals surface area contributed by atoms with Gasteiger partial charge in [0.25, 0.3) is 6.47 Å². The molecule has 0 heterocycles. The van der Waals surface area contributed by atoms with Crippen molar-refractivity contribution in [3.63, 3.8) is 0 Å². The highest BCUT2D eigenvalue weighted by Crippen LogP contribution is 2.16. The highest BCUT2D eigenvalue weighted by atomic mass is 79.9. The SMILES string of the molecule is O=COC/C=C/c1ccc(Br)cc1F. The minimum Gasteiger partial charge on any atom is -0.464 e. The van der Waals surface area contributed by atoms with Crippen molar-refractivity contribution < 1.29 is 13.9 Å². The van der Waals surface area contributed by atoms with Gasteiger partial charge < -0.3 is 4.74 Å². The molecular formula is C10H8BrFO2. The topological polar surface area (TPSA) is 26.3 Å². The molecule has 0 saturated carbocycles. The van der Waals surface area contributed by atoms with E-state index in [0.29, 0.717) is 16.5 Å². The second-order valence-electron chi connectivity index (χ2n) is 2.50. The fourth-order valence-corrected chi connectivity index (χ4v) is 1.24. The van der Waals surface area contributed by atoms with Crippen LogP contribution in [0.4, 0.5) is 4.39 Å². The van der Waals surface area contributed by atoms with Gasteiger partial charge in [0.05, 0.1) is 0 Å². The molecular weight excluding hydrogens is 251 g/mol. The quantitative estimate of drug-likeness (QED) is 0.613. The van der Waals surface area contributed by atoms with Crippen LogP contribution in [0, 0.1) is 5.82 Å². The molecule has 2 nitrogen and oxygen atoms in total. The molecule has 74 valence electrons. The van der Waals surface area contributed by atoms with Gasteiger partial charge in [-0.2, -0.15) is 0 Å². The maximum Gasteiger partial charge on any atom is 0.293 e. The molecule has 14 heavy (non-hydrogen) atoms. The molecule has 0 aliphatic carbocycles. The zero-order chi connectivity index (χ0) is 10.4. The van der Waals surface area contributed by atoms with Crippen LogP contribution in [0.15, 0.2) is 28.7 Å². The average molecular weight is 259 g/mol. The first kappa shape index (κ1) is 10.9. The van der Waals surface area contributed by atoms with Crippen molar-refractivity contribution in [2.45, 2.75) is 0 Å². The average Bonchev–Trinajstić information content (AvgIpc) is 2.15. The molecule has 1 aromatic carbocycles. The van der Waals surface area contributed by atoms with Crippen molar-refractivity contribution in [1.29, 1.82) is 0 Å². The molecule has 0 aliphatic rings. The van der Waals surface area contributed by atoms with Gasteiger partial charge in [0.15, 0.2) is 0 Å². The molecule has 0 fully saturated rings. The van der Waals surface area contributed by atoms with Gasteiger partial charge in [0.2, 0.25) is 0 Å². The van der Waals surface area contributed by atoms with Crippen LogP contribution in [0.3, 0.4) is 0 Å². The first-order chi connectivity index (χ1) is 6.74. The van der Waals surface area contributed by atoms with Crippen LogP contribution in [-0.4, -0.2) is 13.1 Å². The Morgan fingerprint density at radius 3 is 2.93 bits per heavy atom. The second kappa shape index (κ2) is 5.54. The predicted octanol–water partition coefficient (Wildman–Crippen LogP) is 2.77. The maximum absolute atomic E-state index is 13.2. The van der Waals surface area contributed by atoms with Gasteiger partial charge >= 0.3 is 0 Å². The van der Waals surface area contributed by atoms with E-state index >= 15 is 0 Å². The summed E-state index contributed by atoms with van der Waals surface area (Å²) in [6.07, 6.45) is 3.13. The third-order valence-corrected chi connectivity index (χ3v) is 2.01. The van der Waals surface area contributed by atoms with Crippen LogP contribution in [0.5, 0.6) is 0 Å². The normalized spacial score (nSPS) is 10.4. The van der Waals surface area contributed by atoms with E-state index in [1.807, 2.05) is 0 Å². The molecule has 0 saturated heterocycles. The summed E-state index contributed by atoms with van der Waals surface area (Å²) in [5.41, 5.74) is 0.461. The predicted molar refractivity (Wildman–Crippen MR) is 55.2 cm³/mol. The molecule has 1 rings (SSSR count). The van der Waals surface area contributed by atoms with Crippen molar-refractivity contribution in [2.75, 3.05) is 6.61 Å². The maximum atomic E-state index is 13.2. The molecule has 0 aromatic heterocycles. The molecule has 0 bridgehead atoms. The number of carbonyl (C=O) groups is 1. The Balaban J connectivity index is 2.67. The smallest absolute Gasteiger partial charge is 0.293 e. The lowest BCUT2D eigenvalue weighted by Gasteiger charge is -1.97. The number of ether oxygens (including phenoxy) is 1. The fraction of sp³-hybridized carbons (Fsp3) is 0.100. The van der Waals surface area contributed by atoms with Crippen molar-refractivity contribution >= 4 is 28.5 Å². The lowest BCUT2D eigenvalue weighted by Crippen LogP contribution is -1.86. The summed E-state index contributed by atoms with van der Waals surface area (Å²) in [6, 6.07) is 4.75. The van der Waals surface area contributed by atoms with E-state index in [1.165, 1.54) is 6.07 Å². The standard InChI is InChI=1S/C10H8BrFO2/c11-9-4-3-8(10(12)6-9)2-1-5-14-7-13/h1-4,6-7H,5H2/b2-1+. The van der Waals surface area contributed by atoms with Crippen molar-refractivity contribution in [3.8, 4) is 0 Å². The number of carbonyl (C=O) groups excluding carboxylic acids is 1. The summed E-state index contributed by atoms with van der Waals surface area (Å²) >= 11 is 3.15. The summed E-state index contributed by atoms with van der Waals surface area (Å²) in [4.78, 5) is 9.79. The van der Waals surface area contributed by atoms with Gasteiger partial charge in [0, 0.05) is 10.0 Å². The Hall–Kier alpha value is -1.16. The molecule has 4 heteroatoms. The van der Waals surface area contributed by atoms with Gasteiger partial charge in [0.1, 0.15) is 12.4 Å². The molecule has 0 aliphatic heterocycles. The Kier molecular flexibility index (Phi) is 4.32. The Labute approximate surface area is 89.5 Å². The van der Waals surface area contributed by atoms with E-state index in [0.717, 1.165) is 0 Å². The van der Waals surface area contributed by atoms with Gasteiger partial charge in [-0.3, -0.25) is 4.79 Å². The minimum atomic E-state index is -0.318. The lowest BCUT2D eigenvalue weighted by atomic mass is 10.2. The van der Waals surface area contributed by atoms with E-state index in [9.17, 15) is 9.18 Å². The Morgan fingerprint density at radius 1 is 1.50 bits per heavy atom. The largest absolute Gasteiger partial charge is 0.464 e. The number of benzene rings is 1. The third kappa shape index (κ3) is 3.30. The van der Waals surface area contributed by atoms with Crippen LogP contribution < -0.4 is 0 Å². The highest BCUT2D eigenvalue weighted by Gasteiger charge is 1.97. The van der Waals surface area contributed by atoms with E-state index in [2.05, 4.69) is 20.7 Å². The van der Waals surface area contributed by atoms with Gasteiger partial charge in [-0.15, -0.1) is 0 Å². The van der Waals surface area contributed by atoms with Crippen molar-refractivity contribution in [3.05, 3.63) is 40.1 Å². The molecule has 0 spiro atoms. The van der Waals surface area contributed by atoms with Crippen LogP contribution in [0.25, 0.3) is 6.08 Å². The molecule has 0 amide bonds. The Bertz CT molecular complexity index is 350. The minimum absolute atomic E-state index is 0.152. The van der Waals surface area contributed by atoms with E-state index in [4.69, 9.17) is 0 Å². The summed E-state index contributed by atoms with van der Waals surface area (Å²) in [7, 11) is 0. The first-order valence-corrected chi connectivity index (χ1v) is 4.70. The summed E-state index contributed by atoms with van der Waals surface area (Å²) in [5, 5.41) is 0. The molecule has 1 aromatic rings. The molecule has 0 N–H and O–H groups in total. The molecule has 0 unspecified atom stereocenters. The van der Waals surface area contributed by atoms with Gasteiger partial charge in [-0.05, 0) is 18.2 Å². The number of hydrogen-bond donors (Lipinski definition) is 0. The lowest BCUT2D eigenvalue weighted by molar-refractivity contribution is -0.127. The fourth-order valence-electron chi connectivity index (χ4n) is 0.907. The van der Waals surface area contributed by atoms with E-state index < -0.39 is 0 Å². The monoisotopic (exact) mass is 258 g/mol. The van der Waals surface area contributed by atoms with Crippen molar-refractivity contribution in [2.24, 2.45) is 0 Å². The van der Waals surface area contributed by atoms with Crippen molar-refractivity contribution in [1.82, 2.24) is 0 Å². The van der Waals surface area contributed by atoms with Crippen LogP contribution in [-0.2, 0) is 9.53 Å². The van der Waals surface area contributed by atoms with Gasteiger partial charge in [-0.25, -0.2) is 4.39 Å². The van der Waals surface area contributed by atoms with E-state index in [1.54, 1.807) is 24.3 Å². The molecule has 0 radical (unpaired) electrons. The highest BCUT2D eigenvalue weighted by molar-refractivity contribution is 9.10. The first-order valence-electron chi connectivity index (χ1n) is 3.91. The van der Waals surface area contributed by atoms with Gasteiger partial charge in [-0.1, -0.05) is 28.1 Å². The van der Waals surface area contributed by atoms with E-state index in [-0.39, 0.29) is 12.4 Å². The zero-order valence-corrected chi connectivity index (χ0v) is 8.83. The summed E-state index contributed by atoms with van der Waals surface area (Å²) in [5.74, 6) is -0.318. The summed E-state index contributed by atoms with van der Waals surface area (Å²) < 4.78 is 18.3.